The van der Waals surface area contributed by atoms with Crippen molar-refractivity contribution < 1.29 is 14.7 Å². The number of unbranched alkanes of at least 4 members (excludes halogenated alkanes) is 1. The number of carbonyl (C=O) groups is 2. The summed E-state index contributed by atoms with van der Waals surface area (Å²) < 4.78 is 0. The lowest BCUT2D eigenvalue weighted by Crippen LogP contribution is -2.41. The minimum atomic E-state index is -0.939. The Balaban J connectivity index is 2.65. The average molecular weight is 274 g/mol. The molecular formula is C15H18N2O3. The van der Waals surface area contributed by atoms with E-state index in [0.717, 1.165) is 0 Å². The molecule has 5 heteroatoms. The van der Waals surface area contributed by atoms with Crippen LogP contribution in [-0.2, 0) is 4.79 Å². The van der Waals surface area contributed by atoms with Crippen molar-refractivity contribution in [2.24, 2.45) is 0 Å². The zero-order valence-electron chi connectivity index (χ0n) is 11.2. The van der Waals surface area contributed by atoms with Crippen molar-refractivity contribution in [1.29, 1.82) is 0 Å². The summed E-state index contributed by atoms with van der Waals surface area (Å²) in [6.07, 6.45) is 6.33. The van der Waals surface area contributed by atoms with Gasteiger partial charge in [0.15, 0.2) is 0 Å². The van der Waals surface area contributed by atoms with Crippen LogP contribution in [0.15, 0.2) is 30.3 Å². The monoisotopic (exact) mass is 274 g/mol. The summed E-state index contributed by atoms with van der Waals surface area (Å²) in [7, 11) is 0. The maximum absolute atomic E-state index is 12.1. The van der Waals surface area contributed by atoms with E-state index in [-0.39, 0.29) is 19.0 Å². The number of nitrogens with zero attached hydrogens (tertiary/aromatic N) is 1. The van der Waals surface area contributed by atoms with E-state index in [0.29, 0.717) is 25.1 Å². The van der Waals surface area contributed by atoms with E-state index < -0.39 is 5.97 Å². The van der Waals surface area contributed by atoms with Crippen LogP contribution in [0.1, 0.15) is 19.3 Å². The van der Waals surface area contributed by atoms with E-state index in [9.17, 15) is 9.59 Å². The van der Waals surface area contributed by atoms with Crippen LogP contribution < -0.4 is 10.2 Å². The van der Waals surface area contributed by atoms with Gasteiger partial charge in [0.05, 0.1) is 6.42 Å². The molecule has 0 aliphatic carbocycles. The Bertz CT molecular complexity index is 480. The molecule has 2 amide bonds. The summed E-state index contributed by atoms with van der Waals surface area (Å²) in [4.78, 5) is 24.2. The number of amides is 2. The molecule has 106 valence electrons. The number of carbonyl (C=O) groups excluding carboxylic acids is 1. The Morgan fingerprint density at radius 3 is 2.60 bits per heavy atom. The van der Waals surface area contributed by atoms with E-state index >= 15 is 0 Å². The number of aliphatic carboxylic acids is 1. The van der Waals surface area contributed by atoms with Crippen molar-refractivity contribution in [2.45, 2.75) is 19.3 Å². The molecule has 0 aliphatic heterocycles. The highest BCUT2D eigenvalue weighted by Crippen LogP contribution is 2.13. The zero-order chi connectivity index (χ0) is 14.8. The number of para-hydroxylation sites is 1. The van der Waals surface area contributed by atoms with Gasteiger partial charge in [0.25, 0.3) is 0 Å². The van der Waals surface area contributed by atoms with Gasteiger partial charge in [0, 0.05) is 25.2 Å². The summed E-state index contributed by atoms with van der Waals surface area (Å²) in [6.45, 7) is 0.597. The first-order valence-electron chi connectivity index (χ1n) is 6.41. The normalized spacial score (nSPS) is 9.55. The van der Waals surface area contributed by atoms with Crippen LogP contribution in [0.4, 0.5) is 10.5 Å². The van der Waals surface area contributed by atoms with Gasteiger partial charge in [-0.25, -0.2) is 4.79 Å². The van der Waals surface area contributed by atoms with Crippen molar-refractivity contribution in [3.05, 3.63) is 30.3 Å². The molecule has 0 atom stereocenters. The molecule has 1 rings (SSSR count). The van der Waals surface area contributed by atoms with Crippen LogP contribution in [-0.4, -0.2) is 30.2 Å². The van der Waals surface area contributed by atoms with E-state index in [1.807, 2.05) is 6.07 Å². The molecule has 1 aromatic rings. The molecular weight excluding hydrogens is 256 g/mol. The highest BCUT2D eigenvalue weighted by molar-refractivity contribution is 5.92. The lowest BCUT2D eigenvalue weighted by atomic mass is 10.2. The maximum Gasteiger partial charge on any atom is 0.321 e. The predicted molar refractivity (Wildman–Crippen MR) is 77.5 cm³/mol. The Labute approximate surface area is 118 Å². The summed E-state index contributed by atoms with van der Waals surface area (Å²) in [5.41, 5.74) is 0.670. The van der Waals surface area contributed by atoms with Crippen molar-refractivity contribution >= 4 is 17.7 Å². The number of hydrogen-bond donors (Lipinski definition) is 2. The molecule has 0 aliphatic rings. The molecule has 0 spiro atoms. The summed E-state index contributed by atoms with van der Waals surface area (Å²) in [6, 6.07) is 8.66. The zero-order valence-corrected chi connectivity index (χ0v) is 11.2. The molecule has 0 saturated carbocycles. The van der Waals surface area contributed by atoms with Gasteiger partial charge in [-0.15, -0.1) is 12.3 Å². The number of hydrogen-bond acceptors (Lipinski definition) is 2. The fraction of sp³-hybridized carbons (Fsp3) is 0.333. The molecule has 0 aromatic heterocycles. The van der Waals surface area contributed by atoms with Crippen LogP contribution in [0, 0.1) is 12.3 Å². The Hall–Kier alpha value is -2.48. The second kappa shape index (κ2) is 8.59. The Morgan fingerprint density at radius 1 is 1.30 bits per heavy atom. The number of terminal acetylenes is 1. The van der Waals surface area contributed by atoms with Crippen molar-refractivity contribution in [1.82, 2.24) is 5.32 Å². The van der Waals surface area contributed by atoms with Crippen molar-refractivity contribution in [3.8, 4) is 12.3 Å². The summed E-state index contributed by atoms with van der Waals surface area (Å²) in [5.74, 6) is 1.56. The molecule has 0 bridgehead atoms. The molecule has 0 unspecified atom stereocenters. The van der Waals surface area contributed by atoms with Crippen LogP contribution in [0.3, 0.4) is 0 Å². The molecule has 0 radical (unpaired) electrons. The van der Waals surface area contributed by atoms with Crippen molar-refractivity contribution in [3.63, 3.8) is 0 Å². The largest absolute Gasteiger partial charge is 0.481 e. The highest BCUT2D eigenvalue weighted by atomic mass is 16.4. The van der Waals surface area contributed by atoms with Crippen molar-refractivity contribution in [2.75, 3.05) is 18.0 Å². The van der Waals surface area contributed by atoms with Gasteiger partial charge in [0.2, 0.25) is 0 Å². The maximum atomic E-state index is 12.1. The van der Waals surface area contributed by atoms with Crippen LogP contribution in [0.5, 0.6) is 0 Å². The third-order valence-electron chi connectivity index (χ3n) is 2.64. The third kappa shape index (κ3) is 5.44. The summed E-state index contributed by atoms with van der Waals surface area (Å²) in [5, 5.41) is 11.5. The van der Waals surface area contributed by atoms with E-state index in [1.165, 1.54) is 4.90 Å². The number of carboxylic acid groups (broad SMARTS) is 1. The lowest BCUT2D eigenvalue weighted by Gasteiger charge is -2.22. The first-order chi connectivity index (χ1) is 9.65. The number of rotatable bonds is 7. The molecule has 1 aromatic carbocycles. The summed E-state index contributed by atoms with van der Waals surface area (Å²) >= 11 is 0. The van der Waals surface area contributed by atoms with Gasteiger partial charge < -0.3 is 10.4 Å². The van der Waals surface area contributed by atoms with Crippen LogP contribution in [0.2, 0.25) is 0 Å². The first-order valence-corrected chi connectivity index (χ1v) is 6.41. The van der Waals surface area contributed by atoms with Gasteiger partial charge in [-0.1, -0.05) is 18.2 Å². The van der Waals surface area contributed by atoms with Crippen LogP contribution >= 0.6 is 0 Å². The third-order valence-corrected chi connectivity index (χ3v) is 2.64. The number of benzene rings is 1. The van der Waals surface area contributed by atoms with E-state index in [1.54, 1.807) is 24.3 Å². The second-order valence-corrected chi connectivity index (χ2v) is 4.17. The average Bonchev–Trinajstić information content (AvgIpc) is 2.44. The van der Waals surface area contributed by atoms with Crippen LogP contribution in [0.25, 0.3) is 0 Å². The number of anilines is 1. The molecule has 0 fully saturated rings. The Kier molecular flexibility index (Phi) is 6.69. The molecule has 2 N–H and O–H groups in total. The van der Waals surface area contributed by atoms with Gasteiger partial charge >= 0.3 is 12.0 Å². The SMILES string of the molecule is C#CCCCNC(=O)N(CCC(=O)O)c1ccccc1. The fourth-order valence-corrected chi connectivity index (χ4v) is 1.64. The fourth-order valence-electron chi connectivity index (χ4n) is 1.64. The van der Waals surface area contributed by atoms with Gasteiger partial charge in [0.1, 0.15) is 0 Å². The van der Waals surface area contributed by atoms with E-state index in [4.69, 9.17) is 11.5 Å². The number of nitrogens with one attached hydrogen (secondary N) is 1. The number of carboxylic acids is 1. The minimum Gasteiger partial charge on any atom is -0.481 e. The topological polar surface area (TPSA) is 69.6 Å². The number of urea groups is 1. The lowest BCUT2D eigenvalue weighted by molar-refractivity contribution is -0.136. The molecule has 0 heterocycles. The standard InChI is InChI=1S/C15H18N2O3/c1-2-3-7-11-16-15(20)17(12-10-14(18)19)13-8-5-4-6-9-13/h1,4-6,8-9H,3,7,10-12H2,(H,16,20)(H,18,19). The van der Waals surface area contributed by atoms with Gasteiger partial charge in [-0.05, 0) is 18.6 Å². The highest BCUT2D eigenvalue weighted by Gasteiger charge is 2.15. The molecule has 0 saturated heterocycles. The smallest absolute Gasteiger partial charge is 0.321 e. The van der Waals surface area contributed by atoms with E-state index in [2.05, 4.69) is 11.2 Å². The second-order valence-electron chi connectivity index (χ2n) is 4.17. The molecule has 20 heavy (non-hydrogen) atoms. The first kappa shape index (κ1) is 15.6. The Morgan fingerprint density at radius 2 is 2.00 bits per heavy atom. The predicted octanol–water partition coefficient (Wildman–Crippen LogP) is 2.09. The van der Waals surface area contributed by atoms with Gasteiger partial charge in [-0.3, -0.25) is 9.69 Å². The quantitative estimate of drug-likeness (QED) is 0.591. The van der Waals surface area contributed by atoms with Gasteiger partial charge in [-0.2, -0.15) is 0 Å². The minimum absolute atomic E-state index is 0.104. The molecule has 5 nitrogen and oxygen atoms in total.